The topological polar surface area (TPSA) is 52.2 Å². The van der Waals surface area contributed by atoms with Crippen LogP contribution in [-0.2, 0) is 6.42 Å². The highest BCUT2D eigenvalue weighted by molar-refractivity contribution is 5.91. The highest BCUT2D eigenvalue weighted by Gasteiger charge is 2.17. The lowest BCUT2D eigenvalue weighted by atomic mass is 10.0. The van der Waals surface area contributed by atoms with Crippen molar-refractivity contribution in [3.63, 3.8) is 0 Å². The van der Waals surface area contributed by atoms with Gasteiger partial charge in [0.1, 0.15) is 5.82 Å². The van der Waals surface area contributed by atoms with E-state index in [1.165, 1.54) is 11.6 Å². The van der Waals surface area contributed by atoms with Gasteiger partial charge in [-0.2, -0.15) is 0 Å². The van der Waals surface area contributed by atoms with E-state index in [1.807, 2.05) is 18.2 Å². The Labute approximate surface area is 179 Å². The smallest absolute Gasteiger partial charge is 0.407 e. The molecule has 31 heavy (non-hydrogen) atoms. The van der Waals surface area contributed by atoms with Crippen LogP contribution in [0.1, 0.15) is 42.5 Å². The molecule has 0 aliphatic carbocycles. The number of rotatable bonds is 8. The van der Waals surface area contributed by atoms with Crippen LogP contribution < -0.4 is 5.76 Å². The van der Waals surface area contributed by atoms with Gasteiger partial charge in [-0.3, -0.25) is 4.79 Å². The maximum Gasteiger partial charge on any atom is 0.426 e. The van der Waals surface area contributed by atoms with Crippen LogP contribution in [-0.4, -0.2) is 10.5 Å². The van der Waals surface area contributed by atoms with Gasteiger partial charge in [0.05, 0.1) is 5.52 Å². The van der Waals surface area contributed by atoms with Crippen LogP contribution in [0.3, 0.4) is 0 Å². The molecule has 0 atom stereocenters. The van der Waals surface area contributed by atoms with Crippen LogP contribution in [0.5, 0.6) is 0 Å². The largest absolute Gasteiger partial charge is 0.426 e. The Hall–Kier alpha value is -3.47. The second-order valence-corrected chi connectivity index (χ2v) is 7.66. The van der Waals surface area contributed by atoms with Gasteiger partial charge < -0.3 is 4.42 Å². The lowest BCUT2D eigenvalue weighted by Crippen LogP contribution is -2.22. The first-order valence-electron chi connectivity index (χ1n) is 10.6. The molecular formula is C26H24FNO3. The monoisotopic (exact) mass is 417 g/mol. The van der Waals surface area contributed by atoms with Gasteiger partial charge in [0, 0.05) is 12.0 Å². The van der Waals surface area contributed by atoms with E-state index < -0.39 is 5.76 Å². The number of aryl methyl sites for hydroxylation is 1. The van der Waals surface area contributed by atoms with E-state index in [0.717, 1.165) is 30.3 Å². The quantitative estimate of drug-likeness (QED) is 0.319. The van der Waals surface area contributed by atoms with Gasteiger partial charge in [-0.1, -0.05) is 67.4 Å². The van der Waals surface area contributed by atoms with E-state index >= 15 is 0 Å². The Morgan fingerprint density at radius 2 is 1.61 bits per heavy atom. The van der Waals surface area contributed by atoms with Crippen molar-refractivity contribution < 1.29 is 13.6 Å². The number of halogens is 1. The van der Waals surface area contributed by atoms with Crippen molar-refractivity contribution in [3.05, 3.63) is 94.7 Å². The third kappa shape index (κ3) is 4.82. The number of unbranched alkanes of at least 4 members (excludes halogenated alkanes) is 3. The summed E-state index contributed by atoms with van der Waals surface area (Å²) in [5.41, 5.74) is 3.02. The summed E-state index contributed by atoms with van der Waals surface area (Å²) in [4.78, 5) is 25.0. The molecule has 0 aliphatic rings. The molecule has 3 aromatic carbocycles. The molecular weight excluding hydrogens is 393 g/mol. The lowest BCUT2D eigenvalue weighted by Gasteiger charge is -2.05. The molecule has 158 valence electrons. The van der Waals surface area contributed by atoms with Gasteiger partial charge in [-0.05, 0) is 48.6 Å². The standard InChI is InChI=1S/C26H24FNO3/c27-22-14-9-8-13-21(22)20-16-17-24-23(18-20)28(26(30)31-24)25(29)15-7-2-1-4-10-19-11-5-3-6-12-19/h3,5-6,8-9,11-14,16-18H,1-2,4,7,10,15H2. The van der Waals surface area contributed by atoms with Crippen molar-refractivity contribution in [3.8, 4) is 11.1 Å². The van der Waals surface area contributed by atoms with E-state index in [4.69, 9.17) is 4.42 Å². The van der Waals surface area contributed by atoms with Crippen LogP contribution in [0.15, 0.2) is 82.0 Å². The second-order valence-electron chi connectivity index (χ2n) is 7.66. The minimum Gasteiger partial charge on any atom is -0.407 e. The fourth-order valence-electron chi connectivity index (χ4n) is 3.83. The van der Waals surface area contributed by atoms with Crippen molar-refractivity contribution in [1.29, 1.82) is 0 Å². The van der Waals surface area contributed by atoms with Crippen molar-refractivity contribution in [2.24, 2.45) is 0 Å². The Kier molecular flexibility index (Phi) is 6.41. The van der Waals surface area contributed by atoms with Gasteiger partial charge in [0.25, 0.3) is 0 Å². The summed E-state index contributed by atoms with van der Waals surface area (Å²) in [7, 11) is 0. The van der Waals surface area contributed by atoms with E-state index in [0.29, 0.717) is 28.6 Å². The SMILES string of the molecule is O=C(CCCCCCc1ccccc1)n1c(=O)oc2ccc(-c3ccccc3F)cc21. The Morgan fingerprint density at radius 1 is 0.871 bits per heavy atom. The minimum absolute atomic E-state index is 0.268. The van der Waals surface area contributed by atoms with E-state index in [9.17, 15) is 14.0 Å². The Balaban J connectivity index is 1.40. The molecule has 0 radical (unpaired) electrons. The molecule has 0 saturated heterocycles. The molecule has 0 fully saturated rings. The molecule has 0 bridgehead atoms. The highest BCUT2D eigenvalue weighted by atomic mass is 19.1. The molecule has 1 heterocycles. The number of carbonyl (C=O) groups is 1. The normalized spacial score (nSPS) is 11.1. The fourth-order valence-corrected chi connectivity index (χ4v) is 3.83. The number of hydrogen-bond acceptors (Lipinski definition) is 3. The second kappa shape index (κ2) is 9.56. The average Bonchev–Trinajstić information content (AvgIpc) is 3.12. The minimum atomic E-state index is -0.699. The Bertz CT molecular complexity index is 1240. The van der Waals surface area contributed by atoms with Gasteiger partial charge in [0.2, 0.25) is 5.91 Å². The van der Waals surface area contributed by atoms with E-state index in [-0.39, 0.29) is 18.1 Å². The van der Waals surface area contributed by atoms with Crippen molar-refractivity contribution in [1.82, 2.24) is 4.57 Å². The average molecular weight is 417 g/mol. The molecule has 0 unspecified atom stereocenters. The lowest BCUT2D eigenvalue weighted by molar-refractivity contribution is 0.0895. The predicted molar refractivity (Wildman–Crippen MR) is 120 cm³/mol. The number of aromatic nitrogens is 1. The van der Waals surface area contributed by atoms with Gasteiger partial charge in [-0.25, -0.2) is 13.8 Å². The third-order valence-electron chi connectivity index (χ3n) is 5.46. The first kappa shape index (κ1) is 20.8. The first-order chi connectivity index (χ1) is 15.1. The number of carbonyl (C=O) groups excluding carboxylic acids is 1. The van der Waals surface area contributed by atoms with E-state index in [1.54, 1.807) is 36.4 Å². The first-order valence-corrected chi connectivity index (χ1v) is 10.6. The summed E-state index contributed by atoms with van der Waals surface area (Å²) in [6, 6.07) is 21.7. The third-order valence-corrected chi connectivity index (χ3v) is 5.46. The molecule has 4 aromatic rings. The van der Waals surface area contributed by atoms with Crippen LogP contribution in [0.4, 0.5) is 4.39 Å². The van der Waals surface area contributed by atoms with Crippen LogP contribution in [0, 0.1) is 5.82 Å². The number of oxazole rings is 1. The summed E-state index contributed by atoms with van der Waals surface area (Å²) in [5.74, 6) is -1.35. The van der Waals surface area contributed by atoms with E-state index in [2.05, 4.69) is 12.1 Å². The summed E-state index contributed by atoms with van der Waals surface area (Å²) in [6.07, 6.45) is 5.02. The predicted octanol–water partition coefficient (Wildman–Crippen LogP) is 6.23. The summed E-state index contributed by atoms with van der Waals surface area (Å²) in [5, 5.41) is 0. The molecule has 0 spiro atoms. The van der Waals surface area contributed by atoms with Crippen molar-refractivity contribution in [2.45, 2.75) is 38.5 Å². The molecule has 0 aliphatic heterocycles. The number of benzene rings is 3. The Morgan fingerprint density at radius 3 is 2.42 bits per heavy atom. The summed E-state index contributed by atoms with van der Waals surface area (Å²) >= 11 is 0. The van der Waals surface area contributed by atoms with Crippen LogP contribution in [0.25, 0.3) is 22.2 Å². The fraction of sp³-hybridized carbons (Fsp3) is 0.231. The van der Waals surface area contributed by atoms with Gasteiger partial charge >= 0.3 is 5.76 Å². The zero-order chi connectivity index (χ0) is 21.6. The highest BCUT2D eigenvalue weighted by Crippen LogP contribution is 2.26. The number of hydrogen-bond donors (Lipinski definition) is 0. The van der Waals surface area contributed by atoms with Crippen molar-refractivity contribution >= 4 is 17.0 Å². The summed E-state index contributed by atoms with van der Waals surface area (Å²) < 4.78 is 20.5. The molecule has 4 nitrogen and oxygen atoms in total. The molecule has 0 saturated carbocycles. The number of nitrogens with zero attached hydrogens (tertiary/aromatic N) is 1. The maximum atomic E-state index is 14.2. The zero-order valence-corrected chi connectivity index (χ0v) is 17.2. The van der Waals surface area contributed by atoms with Crippen LogP contribution in [0.2, 0.25) is 0 Å². The number of fused-ring (bicyclic) bond motifs is 1. The molecule has 4 rings (SSSR count). The van der Waals surface area contributed by atoms with Crippen LogP contribution >= 0.6 is 0 Å². The molecule has 0 amide bonds. The van der Waals surface area contributed by atoms with Gasteiger partial charge in [-0.15, -0.1) is 0 Å². The van der Waals surface area contributed by atoms with Gasteiger partial charge in [0.15, 0.2) is 5.58 Å². The molecule has 5 heteroatoms. The molecule has 0 N–H and O–H groups in total. The maximum absolute atomic E-state index is 14.2. The molecule has 1 aromatic heterocycles. The van der Waals surface area contributed by atoms with Crippen molar-refractivity contribution in [2.75, 3.05) is 0 Å². The zero-order valence-electron chi connectivity index (χ0n) is 17.2. The summed E-state index contributed by atoms with van der Waals surface area (Å²) in [6.45, 7) is 0.